The van der Waals surface area contributed by atoms with Gasteiger partial charge in [-0.3, -0.25) is 4.79 Å². The lowest BCUT2D eigenvalue weighted by Gasteiger charge is -2.27. The quantitative estimate of drug-likeness (QED) is 0.828. The van der Waals surface area contributed by atoms with Crippen molar-refractivity contribution in [2.45, 2.75) is 30.2 Å². The zero-order valence-electron chi connectivity index (χ0n) is 15.9. The minimum Gasteiger partial charge on any atom is -0.379 e. The molecule has 1 heterocycles. The number of ether oxygens (including phenoxy) is 1. The number of sulfonamides is 1. The first kappa shape index (κ1) is 20.0. The maximum atomic E-state index is 14.4. The molecular formula is C21H23FN2O4S. The molecule has 8 heteroatoms. The standard InChI is InChI=1S/C21H23FN2O4S/c22-19-9-8-16(29(26,27)24-10-12-28-13-11-24)14-18(19)21(25)23-20-7-3-5-15-4-1-2-6-17(15)20/h1-2,4,6,8-9,14,20H,3,5,7,10-13H2,(H,23,25)/t20-/m0/s1. The number of rotatable bonds is 4. The van der Waals surface area contributed by atoms with Gasteiger partial charge in [0.25, 0.3) is 5.91 Å². The zero-order valence-corrected chi connectivity index (χ0v) is 16.8. The number of benzene rings is 2. The number of fused-ring (bicyclic) bond motifs is 1. The van der Waals surface area contributed by atoms with Crippen molar-refractivity contribution < 1.29 is 22.3 Å². The van der Waals surface area contributed by atoms with E-state index in [2.05, 4.69) is 5.32 Å². The van der Waals surface area contributed by atoms with E-state index in [1.165, 1.54) is 15.9 Å². The van der Waals surface area contributed by atoms with Crippen LogP contribution in [0.15, 0.2) is 47.4 Å². The fraction of sp³-hybridized carbons (Fsp3) is 0.381. The molecule has 1 atom stereocenters. The maximum absolute atomic E-state index is 14.4. The molecule has 1 amide bonds. The van der Waals surface area contributed by atoms with E-state index in [4.69, 9.17) is 4.74 Å². The summed E-state index contributed by atoms with van der Waals surface area (Å²) < 4.78 is 46.6. The molecule has 1 N–H and O–H groups in total. The Hall–Kier alpha value is -2.29. The fourth-order valence-electron chi connectivity index (χ4n) is 3.91. The summed E-state index contributed by atoms with van der Waals surface area (Å²) in [4.78, 5) is 12.7. The van der Waals surface area contributed by atoms with Crippen LogP contribution in [0.3, 0.4) is 0 Å². The molecule has 2 aromatic rings. The number of carbonyl (C=O) groups is 1. The van der Waals surface area contributed by atoms with Crippen LogP contribution in [0, 0.1) is 5.82 Å². The van der Waals surface area contributed by atoms with E-state index in [-0.39, 0.29) is 29.6 Å². The molecule has 154 valence electrons. The lowest BCUT2D eigenvalue weighted by molar-refractivity contribution is 0.0730. The molecule has 0 unspecified atom stereocenters. The fourth-order valence-corrected chi connectivity index (χ4v) is 5.35. The Kier molecular flexibility index (Phi) is 5.67. The third-order valence-corrected chi connectivity index (χ3v) is 7.36. The van der Waals surface area contributed by atoms with Crippen molar-refractivity contribution in [1.82, 2.24) is 9.62 Å². The van der Waals surface area contributed by atoms with E-state index >= 15 is 0 Å². The monoisotopic (exact) mass is 418 g/mol. The van der Waals surface area contributed by atoms with Crippen LogP contribution in [-0.4, -0.2) is 44.9 Å². The van der Waals surface area contributed by atoms with Crippen molar-refractivity contribution >= 4 is 15.9 Å². The summed E-state index contributed by atoms with van der Waals surface area (Å²) in [5.41, 5.74) is 1.94. The number of carbonyl (C=O) groups excluding carboxylic acids is 1. The van der Waals surface area contributed by atoms with Crippen molar-refractivity contribution in [1.29, 1.82) is 0 Å². The maximum Gasteiger partial charge on any atom is 0.254 e. The molecule has 29 heavy (non-hydrogen) atoms. The topological polar surface area (TPSA) is 75.7 Å². The first-order chi connectivity index (χ1) is 14.0. The highest BCUT2D eigenvalue weighted by atomic mass is 32.2. The molecule has 1 aliphatic carbocycles. The largest absolute Gasteiger partial charge is 0.379 e. The molecule has 0 saturated carbocycles. The molecule has 0 radical (unpaired) electrons. The highest BCUT2D eigenvalue weighted by Gasteiger charge is 2.29. The molecular weight excluding hydrogens is 395 g/mol. The first-order valence-electron chi connectivity index (χ1n) is 9.73. The predicted molar refractivity (Wildman–Crippen MR) is 106 cm³/mol. The zero-order chi connectivity index (χ0) is 20.4. The van der Waals surface area contributed by atoms with Crippen LogP contribution in [0.2, 0.25) is 0 Å². The summed E-state index contributed by atoms with van der Waals surface area (Å²) in [5.74, 6) is -1.35. The van der Waals surface area contributed by atoms with Gasteiger partial charge in [0, 0.05) is 13.1 Å². The molecule has 1 saturated heterocycles. The average molecular weight is 418 g/mol. The van der Waals surface area contributed by atoms with Crippen LogP contribution in [0.4, 0.5) is 4.39 Å². The Morgan fingerprint density at radius 1 is 1.14 bits per heavy atom. The number of hydrogen-bond acceptors (Lipinski definition) is 4. The Morgan fingerprint density at radius 2 is 1.90 bits per heavy atom. The van der Waals surface area contributed by atoms with Crippen molar-refractivity contribution in [2.24, 2.45) is 0 Å². The van der Waals surface area contributed by atoms with Crippen molar-refractivity contribution in [3.05, 3.63) is 65.0 Å². The van der Waals surface area contributed by atoms with E-state index < -0.39 is 21.7 Å². The summed E-state index contributed by atoms with van der Waals surface area (Å²) >= 11 is 0. The van der Waals surface area contributed by atoms with E-state index in [9.17, 15) is 17.6 Å². The third-order valence-electron chi connectivity index (χ3n) is 5.47. The number of aryl methyl sites for hydroxylation is 1. The summed E-state index contributed by atoms with van der Waals surface area (Å²) in [7, 11) is -3.81. The molecule has 0 spiro atoms. The Bertz CT molecular complexity index is 1020. The van der Waals surface area contributed by atoms with Crippen molar-refractivity contribution in [2.75, 3.05) is 26.3 Å². The number of nitrogens with zero attached hydrogens (tertiary/aromatic N) is 1. The Labute approximate surface area is 169 Å². The van der Waals surface area contributed by atoms with Gasteiger partial charge in [0.2, 0.25) is 10.0 Å². The Morgan fingerprint density at radius 3 is 2.69 bits per heavy atom. The first-order valence-corrected chi connectivity index (χ1v) is 11.2. The molecule has 2 aromatic carbocycles. The SMILES string of the molecule is O=C(N[C@H]1CCCc2ccccc21)c1cc(S(=O)(=O)N2CCOCC2)ccc1F. The van der Waals surface area contributed by atoms with Gasteiger partial charge in [0.05, 0.1) is 29.7 Å². The molecule has 2 aliphatic rings. The average Bonchev–Trinajstić information content (AvgIpc) is 2.75. The predicted octanol–water partition coefficient (Wildman–Crippen LogP) is 2.65. The second kappa shape index (κ2) is 8.22. The molecule has 1 fully saturated rings. The van der Waals surface area contributed by atoms with E-state index in [1.54, 1.807) is 0 Å². The van der Waals surface area contributed by atoms with Crippen LogP contribution >= 0.6 is 0 Å². The van der Waals surface area contributed by atoms with Gasteiger partial charge in [-0.25, -0.2) is 12.8 Å². The second-order valence-electron chi connectivity index (χ2n) is 7.28. The third kappa shape index (κ3) is 4.05. The second-order valence-corrected chi connectivity index (χ2v) is 9.21. The number of hydrogen-bond donors (Lipinski definition) is 1. The summed E-state index contributed by atoms with van der Waals surface area (Å²) in [6.45, 7) is 1.10. The lowest BCUT2D eigenvalue weighted by atomic mass is 9.87. The highest BCUT2D eigenvalue weighted by Crippen LogP contribution is 2.30. The number of amides is 1. The van der Waals surface area contributed by atoms with Crippen LogP contribution < -0.4 is 5.32 Å². The van der Waals surface area contributed by atoms with E-state index in [0.717, 1.165) is 37.0 Å². The van der Waals surface area contributed by atoms with Crippen LogP contribution in [0.25, 0.3) is 0 Å². The van der Waals surface area contributed by atoms with E-state index in [0.29, 0.717) is 13.2 Å². The van der Waals surface area contributed by atoms with Crippen LogP contribution in [0.5, 0.6) is 0 Å². The van der Waals surface area contributed by atoms with E-state index in [1.807, 2.05) is 24.3 Å². The highest BCUT2D eigenvalue weighted by molar-refractivity contribution is 7.89. The molecule has 4 rings (SSSR count). The number of nitrogens with one attached hydrogen (secondary N) is 1. The molecule has 0 bridgehead atoms. The van der Waals surface area contributed by atoms with Gasteiger partial charge in [-0.1, -0.05) is 24.3 Å². The Balaban J connectivity index is 1.59. The summed E-state index contributed by atoms with van der Waals surface area (Å²) in [5, 5.41) is 2.88. The molecule has 0 aromatic heterocycles. The summed E-state index contributed by atoms with van der Waals surface area (Å²) in [6.07, 6.45) is 2.64. The normalized spacial score (nSPS) is 20.1. The number of morpholine rings is 1. The van der Waals surface area contributed by atoms with Gasteiger partial charge in [-0.2, -0.15) is 4.31 Å². The van der Waals surface area contributed by atoms with Crippen LogP contribution in [-0.2, 0) is 21.2 Å². The van der Waals surface area contributed by atoms with Gasteiger partial charge in [0.15, 0.2) is 0 Å². The smallest absolute Gasteiger partial charge is 0.254 e. The van der Waals surface area contributed by atoms with Crippen molar-refractivity contribution in [3.63, 3.8) is 0 Å². The van der Waals surface area contributed by atoms with Gasteiger partial charge < -0.3 is 10.1 Å². The van der Waals surface area contributed by atoms with Crippen molar-refractivity contribution in [3.8, 4) is 0 Å². The molecule has 1 aliphatic heterocycles. The molecule has 6 nitrogen and oxygen atoms in total. The van der Waals surface area contributed by atoms with Gasteiger partial charge >= 0.3 is 0 Å². The van der Waals surface area contributed by atoms with Gasteiger partial charge in [-0.05, 0) is 48.6 Å². The minimum atomic E-state index is -3.81. The van der Waals surface area contributed by atoms with Crippen LogP contribution in [0.1, 0.15) is 40.4 Å². The number of halogens is 1. The lowest BCUT2D eigenvalue weighted by Crippen LogP contribution is -2.40. The minimum absolute atomic E-state index is 0.0880. The van der Waals surface area contributed by atoms with Gasteiger partial charge in [-0.15, -0.1) is 0 Å². The van der Waals surface area contributed by atoms with Gasteiger partial charge in [0.1, 0.15) is 5.82 Å². The summed E-state index contributed by atoms with van der Waals surface area (Å²) in [6, 6.07) is 11.0.